The Labute approximate surface area is 872 Å². The number of nitrogens with zero attached hydrogens (tertiary/aromatic N) is 4. The van der Waals surface area contributed by atoms with Gasteiger partial charge in [0.2, 0.25) is 130 Å². The number of rotatable bonds is 38. The fourth-order valence-corrected chi connectivity index (χ4v) is 20.7. The minimum absolute atomic E-state index is 0.0203. The number of hydrogen-bond donors (Lipinski definition) is 26. The molecule has 36 N–H and O–H groups in total. The fourth-order valence-electron chi connectivity index (χ4n) is 15.7. The summed E-state index contributed by atoms with van der Waals surface area (Å²) in [7, 11) is -2.74. The van der Waals surface area contributed by atoms with Gasteiger partial charge in [-0.15, -0.1) is 0 Å². The molecule has 22 amide bonds. The maximum Gasteiger partial charge on any atom is 0.246 e. The molecule has 4 heterocycles. The lowest BCUT2D eigenvalue weighted by molar-refractivity contribution is -0.142. The molecule has 4 aromatic rings. The smallest absolute Gasteiger partial charge is 0.246 e. The standard InChI is InChI=1S/2C46H64N14O13S2/c47-35(62)15-14-29-40(67)58-32(22-36(48)63)43(70)59-33(45(72)60-18-5-9-34(60)44(71)56-28(8-4-17-52-46(50)51)39(66)53-23-37(49)64)24-74-75(73)19-16-38(65)54-30(21-26-10-12-27(61)13-11-26)41(68)57-31(42(69)55-29)20-25-6-2-1-3-7-25;47-35(62)15-14-29-40(67)58-32(22-36(48)63)43(70)59-33(45(72)60-18-5-9-34(60)44(71)56-28(8-4-17-52-46(50)51)39(66)53-23-37(49)64)24-75(73)74-19-16-38(65)54-30(21-26-10-12-27(61)13-11-26)41(68)57-31(42(69)55-29)20-25-6-2-1-3-7-25/h2*1-3,6-7,10-13,28-34,61H,4-5,8-9,14-24H2,(H2,47,62)(H2,48,63)(H2,49,64)(H,53,66)(H,54,65)(H,55,69)(H,56,71)(H,57,68)(H,58,67)(H,59,70)(H4,50,51,52). The largest absolute Gasteiger partial charge is 0.508 e. The number of nitrogens with one attached hydrogen (secondary N) is 14. The van der Waals surface area contributed by atoms with E-state index in [2.05, 4.69) is 84.4 Å². The third-order valence-corrected chi connectivity index (χ3v) is 29.1. The Morgan fingerprint density at radius 3 is 1.11 bits per heavy atom. The second-order valence-corrected chi connectivity index (χ2v) is 41.9. The van der Waals surface area contributed by atoms with Gasteiger partial charge in [0.1, 0.15) is 96.1 Å². The zero-order valence-corrected chi connectivity index (χ0v) is 84.8. The summed E-state index contributed by atoms with van der Waals surface area (Å²) in [5.74, 6) is -22.6. The van der Waals surface area contributed by atoms with E-state index < -0.39 is 304 Å². The average Bonchev–Trinajstić information content (AvgIpc) is 1.69. The van der Waals surface area contributed by atoms with E-state index in [1.807, 2.05) is 0 Å². The van der Waals surface area contributed by atoms with Crippen molar-refractivity contribution in [3.63, 3.8) is 0 Å². The summed E-state index contributed by atoms with van der Waals surface area (Å²) in [5, 5.41) is 54.8. The number of amides is 22. The molecule has 0 bridgehead atoms. The van der Waals surface area contributed by atoms with Crippen LogP contribution in [0, 0.1) is 0 Å². The SMILES string of the molecule is NC(=O)CCC1NC(=O)C(Cc2ccccc2)NC(=O)C(Cc2ccc(O)cc2)NC(=O)CCS(=O)SCC(C(=O)N2CCCC2C(=O)NC(CCCN=C(N)N)C(=O)NCC(N)=O)NC(=O)C(CC(N)=O)NC1=O.NC(=O)CCC1NC(=O)C(Cc2ccccc2)NC(=O)C(Cc2ccc(O)cc2)NC(=O)CCSS(=O)CC(C(=O)N2CCCC2C(=O)NC(CCCN=C(N)N)C(=O)NCC(N)=O)NC(=O)C(CC(N)=O)NC1=O. The van der Waals surface area contributed by atoms with E-state index in [-0.39, 0.29) is 145 Å². The summed E-state index contributed by atoms with van der Waals surface area (Å²) >= 11 is 0. The van der Waals surface area contributed by atoms with Crippen LogP contribution in [-0.2, 0) is 151 Å². The van der Waals surface area contributed by atoms with Crippen LogP contribution in [0.4, 0.5) is 0 Å². The highest BCUT2D eigenvalue weighted by Crippen LogP contribution is 2.26. The van der Waals surface area contributed by atoms with E-state index in [1.54, 1.807) is 60.7 Å². The molecule has 4 aliphatic heterocycles. The Bertz CT molecular complexity index is 5600. The van der Waals surface area contributed by atoms with Crippen molar-refractivity contribution in [1.82, 2.24) is 84.2 Å². The quantitative estimate of drug-likeness (QED) is 0.00857. The van der Waals surface area contributed by atoms with Gasteiger partial charge < -0.3 is 152 Å². The van der Waals surface area contributed by atoms with Gasteiger partial charge in [-0.1, -0.05) is 107 Å². The summed E-state index contributed by atoms with van der Waals surface area (Å²) in [4.78, 5) is 306. The average molecular weight is 2170 g/mol. The van der Waals surface area contributed by atoms with Gasteiger partial charge in [0.25, 0.3) is 0 Å². The van der Waals surface area contributed by atoms with Crippen molar-refractivity contribution in [1.29, 1.82) is 0 Å². The molecule has 16 atom stereocenters. The molecule has 0 radical (unpaired) electrons. The lowest BCUT2D eigenvalue weighted by atomic mass is 10.0. The van der Waals surface area contributed by atoms with Crippen molar-refractivity contribution >= 4 is 183 Å². The van der Waals surface area contributed by atoms with Crippen molar-refractivity contribution in [2.45, 2.75) is 213 Å². The van der Waals surface area contributed by atoms with Crippen molar-refractivity contribution in [3.8, 4) is 11.5 Å². The number of hydrogen-bond acceptors (Lipinski definition) is 30. The first-order chi connectivity index (χ1) is 71.2. The second-order valence-electron chi connectivity index (χ2n) is 35.1. The number of aliphatic imine (C=N–C) groups is 2. The summed E-state index contributed by atoms with van der Waals surface area (Å²) in [6, 6.07) is 7.27. The Kier molecular flexibility index (Phi) is 50.0. The van der Waals surface area contributed by atoms with Crippen molar-refractivity contribution in [2.24, 2.45) is 67.3 Å². The molecule has 150 heavy (non-hydrogen) atoms. The highest BCUT2D eigenvalue weighted by Gasteiger charge is 2.45. The van der Waals surface area contributed by atoms with Gasteiger partial charge in [-0.05, 0) is 111 Å². The first kappa shape index (κ1) is 121. The van der Waals surface area contributed by atoms with E-state index in [4.69, 9.17) is 57.3 Å². The Hall–Kier alpha value is -15.6. The summed E-state index contributed by atoms with van der Waals surface area (Å²) < 4.78 is 27.4. The monoisotopic (exact) mass is 2170 g/mol. The van der Waals surface area contributed by atoms with E-state index in [9.17, 15) is 124 Å². The first-order valence-electron chi connectivity index (χ1n) is 47.5. The number of nitrogens with two attached hydrogens (primary N) is 10. The maximum atomic E-state index is 14.6. The molecule has 0 aliphatic carbocycles. The lowest BCUT2D eigenvalue weighted by Crippen LogP contribution is -2.61. The van der Waals surface area contributed by atoms with Crippen molar-refractivity contribution in [3.05, 3.63) is 131 Å². The molecule has 54 nitrogen and oxygen atoms in total. The van der Waals surface area contributed by atoms with Crippen LogP contribution in [0.15, 0.2) is 119 Å². The number of aromatic hydroxyl groups is 2. The highest BCUT2D eigenvalue weighted by atomic mass is 33.1. The third kappa shape index (κ3) is 43.0. The van der Waals surface area contributed by atoms with Crippen LogP contribution in [0.1, 0.15) is 125 Å². The molecule has 4 fully saturated rings. The number of carbonyl (C=O) groups is 22. The number of phenolic OH excluding ortho intramolecular Hbond substituents is 2. The molecule has 0 spiro atoms. The first-order valence-corrected chi connectivity index (χ1v) is 53.1. The van der Waals surface area contributed by atoms with Crippen LogP contribution in [0.2, 0.25) is 0 Å². The Balaban J connectivity index is 0.000000406. The summed E-state index contributed by atoms with van der Waals surface area (Å²) in [5.41, 5.74) is 56.0. The van der Waals surface area contributed by atoms with E-state index in [0.29, 0.717) is 43.8 Å². The predicted molar refractivity (Wildman–Crippen MR) is 545 cm³/mol. The lowest BCUT2D eigenvalue weighted by Gasteiger charge is -2.30. The molecule has 0 aromatic heterocycles. The number of carbonyl (C=O) groups excluding carboxylic acids is 22. The zero-order chi connectivity index (χ0) is 110. The molecule has 4 aliphatic rings. The number of phenols is 2. The van der Waals surface area contributed by atoms with Gasteiger partial charge in [-0.25, -0.2) is 8.42 Å². The van der Waals surface area contributed by atoms with Crippen molar-refractivity contribution < 1.29 is 124 Å². The molecule has 58 heteroatoms. The number of guanidine groups is 2. The van der Waals surface area contributed by atoms with Gasteiger partial charge in [0, 0.05) is 94.8 Å². The Morgan fingerprint density at radius 1 is 0.393 bits per heavy atom. The highest BCUT2D eigenvalue weighted by molar-refractivity contribution is 8.69. The predicted octanol–water partition coefficient (Wildman–Crippen LogP) is -10.7. The van der Waals surface area contributed by atoms with Gasteiger partial charge >= 0.3 is 0 Å². The topological polar surface area (TPSA) is 910 Å². The van der Waals surface area contributed by atoms with E-state index >= 15 is 0 Å². The summed E-state index contributed by atoms with van der Waals surface area (Å²) in [6.07, 6.45) is -4.00. The minimum atomic E-state index is -2.10. The Morgan fingerprint density at radius 2 is 0.733 bits per heavy atom. The van der Waals surface area contributed by atoms with Gasteiger partial charge in [0.15, 0.2) is 11.9 Å². The normalized spacial score (nSPS) is 22.6. The maximum absolute atomic E-state index is 14.6. The minimum Gasteiger partial charge on any atom is -0.508 e. The zero-order valence-electron chi connectivity index (χ0n) is 81.6. The summed E-state index contributed by atoms with van der Waals surface area (Å²) in [6.45, 7) is -1.08. The molecule has 4 saturated heterocycles. The number of benzene rings is 4. The van der Waals surface area contributed by atoms with E-state index in [0.717, 1.165) is 9.80 Å². The van der Waals surface area contributed by atoms with Crippen LogP contribution in [0.25, 0.3) is 0 Å². The van der Waals surface area contributed by atoms with E-state index in [1.165, 1.54) is 48.5 Å². The van der Waals surface area contributed by atoms with Crippen LogP contribution in [-0.4, -0.2) is 317 Å². The third-order valence-electron chi connectivity index (χ3n) is 23.2. The molecular weight excluding hydrogens is 2040 g/mol. The molecule has 0 saturated carbocycles. The molecule has 4 aromatic carbocycles. The molecule has 816 valence electrons. The number of primary amides is 6. The van der Waals surface area contributed by atoms with Gasteiger partial charge in [0.05, 0.1) is 51.3 Å². The number of likely N-dealkylation sites (tertiary alicyclic amines) is 2. The van der Waals surface area contributed by atoms with Gasteiger partial charge in [-0.2, -0.15) is 0 Å². The van der Waals surface area contributed by atoms with Crippen LogP contribution < -0.4 is 132 Å². The van der Waals surface area contributed by atoms with Crippen LogP contribution in [0.3, 0.4) is 0 Å². The van der Waals surface area contributed by atoms with Crippen LogP contribution in [0.5, 0.6) is 11.5 Å². The molecular formula is C92H128N28O26S4. The molecule has 8 rings (SSSR count). The second kappa shape index (κ2) is 61.8. The van der Waals surface area contributed by atoms with Gasteiger partial charge in [-0.3, -0.25) is 115 Å². The molecule has 16 unspecified atom stereocenters. The van der Waals surface area contributed by atoms with Crippen LogP contribution >= 0.6 is 21.6 Å². The van der Waals surface area contributed by atoms with Crippen molar-refractivity contribution in [2.75, 3.05) is 62.3 Å². The fraction of sp³-hybridized carbons (Fsp3) is 0.478.